The zero-order chi connectivity index (χ0) is 37.8. The molecular formula is C27H66O11Si9. The Labute approximate surface area is 297 Å². The summed E-state index contributed by atoms with van der Waals surface area (Å²) in [5.74, 6) is 0. The lowest BCUT2D eigenvalue weighted by molar-refractivity contribution is 0.0672. The normalized spacial score (nSPS) is 15.2. The van der Waals surface area contributed by atoms with Crippen molar-refractivity contribution in [3.63, 3.8) is 0 Å². The summed E-state index contributed by atoms with van der Waals surface area (Å²) in [6, 6.07) is 0. The van der Waals surface area contributed by atoms with Crippen LogP contribution in [0.15, 0.2) is 61.4 Å². The molecule has 0 heterocycles. The molecule has 0 N–H and O–H groups in total. The van der Waals surface area contributed by atoms with E-state index in [1.807, 2.05) is 81.7 Å². The van der Waals surface area contributed by atoms with Gasteiger partial charge in [-0.05, 0) is 85.1 Å². The summed E-state index contributed by atoms with van der Waals surface area (Å²) in [5, 5.41) is 0. The fraction of sp³-hybridized carbons (Fsp3) is 0.630. The molecule has 0 aromatic carbocycles. The Balaban J connectivity index is 0. The van der Waals surface area contributed by atoms with Crippen LogP contribution >= 0.6 is 0 Å². The van der Waals surface area contributed by atoms with Gasteiger partial charge in [-0.25, -0.2) is 0 Å². The predicted octanol–water partition coefficient (Wildman–Crippen LogP) is 7.47. The summed E-state index contributed by atoms with van der Waals surface area (Å²) in [6.45, 7) is 45.4. The fourth-order valence-electron chi connectivity index (χ4n) is 3.74. The van der Waals surface area contributed by atoms with Gasteiger partial charge in [-0.3, -0.25) is 0 Å². The first-order chi connectivity index (χ1) is 21.0. The van der Waals surface area contributed by atoms with Crippen molar-refractivity contribution >= 4 is 77.0 Å². The van der Waals surface area contributed by atoms with Gasteiger partial charge in [0.05, 0.1) is 0 Å². The molecule has 11 nitrogen and oxygen atoms in total. The van der Waals surface area contributed by atoms with Crippen molar-refractivity contribution in [2.75, 3.05) is 28.4 Å². The maximum atomic E-state index is 6.41. The minimum atomic E-state index is -3.36. The van der Waals surface area contributed by atoms with Crippen molar-refractivity contribution in [2.24, 2.45) is 0 Å². The molecule has 0 radical (unpaired) electrons. The first kappa shape index (κ1) is 49.3. The third-order valence-corrected chi connectivity index (χ3v) is 36.5. The maximum Gasteiger partial charge on any atom is 0.659 e. The molecule has 20 heteroatoms. The third-order valence-electron chi connectivity index (χ3n) is 6.28. The largest absolute Gasteiger partial charge is 0.659 e. The van der Waals surface area contributed by atoms with E-state index in [1.165, 1.54) is 14.2 Å². The Bertz CT molecular complexity index is 1030. The highest BCUT2D eigenvalue weighted by atomic mass is 28.5. The van der Waals surface area contributed by atoms with Gasteiger partial charge < -0.3 is 46.5 Å². The molecule has 0 aliphatic heterocycles. The average Bonchev–Trinajstić information content (AvgIpc) is 2.94. The molecule has 0 aromatic rings. The Kier molecular flexibility index (Phi) is 20.1. The smallest absolute Gasteiger partial charge is 0.433 e. The lowest BCUT2D eigenvalue weighted by Gasteiger charge is -2.41. The standard InChI is InChI=1S/C15H36O6Si5.C12H30O5Si4/c1-13-22(6,7)18-25(12,15-3)20-24(10,11)21-26(16-4,17-5)19-23(8,9)14-2;1-11-18(5,6)15-20(9,10)17-21(13-3,14-4)16-19(7,8)12-2/h13-15H,1-3H2,4-12H3;11-12H,1-2H2,3-10H3. The van der Waals surface area contributed by atoms with Crippen LogP contribution in [-0.2, 0) is 46.5 Å². The fourth-order valence-corrected chi connectivity index (χ4v) is 34.6. The molecular weight excluding hydrogens is 753 g/mol. The molecule has 0 fully saturated rings. The van der Waals surface area contributed by atoms with E-state index < -0.39 is 77.0 Å². The summed E-state index contributed by atoms with van der Waals surface area (Å²) in [7, 11) is -16.6. The minimum absolute atomic E-state index is 1.53. The second-order valence-electron chi connectivity index (χ2n) is 13.8. The lowest BCUT2D eigenvalue weighted by Crippen LogP contribution is -2.62. The quantitative estimate of drug-likeness (QED) is 0.0961. The van der Waals surface area contributed by atoms with E-state index in [9.17, 15) is 0 Å². The third kappa shape index (κ3) is 18.9. The minimum Gasteiger partial charge on any atom is -0.433 e. The van der Waals surface area contributed by atoms with Crippen molar-refractivity contribution in [1.29, 1.82) is 0 Å². The zero-order valence-electron chi connectivity index (χ0n) is 32.4. The van der Waals surface area contributed by atoms with E-state index in [0.717, 1.165) is 0 Å². The Morgan fingerprint density at radius 3 is 0.830 bits per heavy atom. The van der Waals surface area contributed by atoms with E-state index in [1.54, 1.807) is 19.9 Å². The van der Waals surface area contributed by atoms with Crippen molar-refractivity contribution < 1.29 is 46.5 Å². The second kappa shape index (κ2) is 19.2. The van der Waals surface area contributed by atoms with Gasteiger partial charge in [0.2, 0.25) is 16.6 Å². The van der Waals surface area contributed by atoms with Crippen LogP contribution in [0.1, 0.15) is 0 Å². The molecule has 0 rings (SSSR count). The lowest BCUT2D eigenvalue weighted by atomic mass is 11.3. The average molecular weight is 820 g/mol. The predicted molar refractivity (Wildman–Crippen MR) is 215 cm³/mol. The highest BCUT2D eigenvalue weighted by molar-refractivity contribution is 6.92. The van der Waals surface area contributed by atoms with Gasteiger partial charge >= 0.3 is 43.8 Å². The number of rotatable bonds is 23. The summed E-state index contributed by atoms with van der Waals surface area (Å²) in [5.41, 5.74) is 9.18. The molecule has 0 saturated heterocycles. The molecule has 0 aliphatic carbocycles. The van der Waals surface area contributed by atoms with Crippen molar-refractivity contribution in [2.45, 2.75) is 85.1 Å². The van der Waals surface area contributed by atoms with Gasteiger partial charge in [0, 0.05) is 28.4 Å². The van der Waals surface area contributed by atoms with E-state index in [2.05, 4.69) is 59.1 Å². The molecule has 1 unspecified atom stereocenters. The van der Waals surface area contributed by atoms with E-state index in [-0.39, 0.29) is 0 Å². The van der Waals surface area contributed by atoms with Crippen LogP contribution in [0.5, 0.6) is 0 Å². The Morgan fingerprint density at radius 2 is 0.574 bits per heavy atom. The van der Waals surface area contributed by atoms with Gasteiger partial charge in [0.25, 0.3) is 0 Å². The summed E-state index contributed by atoms with van der Waals surface area (Å²) < 4.78 is 65.8. The Morgan fingerprint density at radius 1 is 0.319 bits per heavy atom. The van der Waals surface area contributed by atoms with Gasteiger partial charge in [-0.15, -0.1) is 32.9 Å². The van der Waals surface area contributed by atoms with E-state index in [4.69, 9.17) is 46.5 Å². The SMILES string of the molecule is C=C[Si](C)(C)O[Si](C)(C)O[Si](OC)(OC)O[Si](C)(C)C=C.C=C[Si](C)(C)O[Si](C)(C=C)O[Si](C)(C)O[Si](OC)(OC)O[Si](C)(C)C=C. The van der Waals surface area contributed by atoms with Gasteiger partial charge in [0.15, 0.2) is 16.6 Å². The molecule has 276 valence electrons. The van der Waals surface area contributed by atoms with Crippen LogP contribution in [0, 0.1) is 0 Å². The Hall–Kier alpha value is 0.212. The van der Waals surface area contributed by atoms with Crippen molar-refractivity contribution in [3.05, 3.63) is 61.4 Å². The molecule has 0 saturated carbocycles. The maximum absolute atomic E-state index is 6.41. The van der Waals surface area contributed by atoms with Crippen LogP contribution in [0.25, 0.3) is 0 Å². The van der Waals surface area contributed by atoms with Gasteiger partial charge in [-0.2, -0.15) is 0 Å². The summed E-state index contributed by atoms with van der Waals surface area (Å²) in [6.07, 6.45) is 0. The molecule has 0 aromatic heterocycles. The van der Waals surface area contributed by atoms with Crippen LogP contribution in [0.4, 0.5) is 0 Å². The summed E-state index contributed by atoms with van der Waals surface area (Å²) >= 11 is 0. The van der Waals surface area contributed by atoms with E-state index >= 15 is 0 Å². The zero-order valence-corrected chi connectivity index (χ0v) is 41.4. The molecule has 47 heavy (non-hydrogen) atoms. The molecule has 0 amide bonds. The van der Waals surface area contributed by atoms with Crippen LogP contribution in [0.2, 0.25) is 85.1 Å². The highest BCUT2D eigenvalue weighted by Crippen LogP contribution is 2.28. The van der Waals surface area contributed by atoms with Crippen LogP contribution in [0.3, 0.4) is 0 Å². The van der Waals surface area contributed by atoms with Crippen LogP contribution < -0.4 is 0 Å². The molecule has 0 aliphatic rings. The van der Waals surface area contributed by atoms with Crippen molar-refractivity contribution in [3.8, 4) is 0 Å². The van der Waals surface area contributed by atoms with Crippen molar-refractivity contribution in [1.82, 2.24) is 0 Å². The topological polar surface area (TPSA) is 102 Å². The summed E-state index contributed by atoms with van der Waals surface area (Å²) in [4.78, 5) is 0. The molecule has 0 spiro atoms. The van der Waals surface area contributed by atoms with Gasteiger partial charge in [-0.1, -0.05) is 28.5 Å². The van der Waals surface area contributed by atoms with Crippen LogP contribution in [-0.4, -0.2) is 105 Å². The molecule has 1 atom stereocenters. The first-order valence-corrected chi connectivity index (χ1v) is 38.5. The highest BCUT2D eigenvalue weighted by Gasteiger charge is 2.55. The second-order valence-corrected chi connectivity index (χ2v) is 45.6. The monoisotopic (exact) mass is 818 g/mol. The number of hydrogen-bond acceptors (Lipinski definition) is 11. The number of hydrogen-bond donors (Lipinski definition) is 0. The van der Waals surface area contributed by atoms with Gasteiger partial charge in [0.1, 0.15) is 0 Å². The first-order valence-electron chi connectivity index (χ1n) is 15.3. The van der Waals surface area contributed by atoms with E-state index in [0.29, 0.717) is 0 Å². The molecule has 0 bridgehead atoms.